The molecular weight excluding hydrogens is 618 g/mol. The molecule has 10 nitrogen and oxygen atoms in total. The number of aromatic nitrogens is 1. The van der Waals surface area contributed by atoms with Gasteiger partial charge in [-0.2, -0.15) is 0 Å². The minimum Gasteiger partial charge on any atom is -0.491 e. The predicted molar refractivity (Wildman–Crippen MR) is 178 cm³/mol. The normalized spacial score (nSPS) is 16.5. The molecule has 0 aliphatic carbocycles. The van der Waals surface area contributed by atoms with Crippen molar-refractivity contribution in [3.8, 4) is 5.75 Å². The first-order chi connectivity index (χ1) is 22.7. The summed E-state index contributed by atoms with van der Waals surface area (Å²) < 4.78 is 18.1. The third-order valence-electron chi connectivity index (χ3n) is 7.66. The number of esters is 2. The Labute approximate surface area is 274 Å². The van der Waals surface area contributed by atoms with Crippen molar-refractivity contribution in [2.24, 2.45) is 4.99 Å². The number of hydrogen-bond acceptors (Lipinski definition) is 9. The quantitative estimate of drug-likeness (QED) is 0.251. The summed E-state index contributed by atoms with van der Waals surface area (Å²) in [6.45, 7) is 7.26. The van der Waals surface area contributed by atoms with Crippen LogP contribution < -0.4 is 24.5 Å². The second-order valence-corrected chi connectivity index (χ2v) is 12.1. The van der Waals surface area contributed by atoms with E-state index >= 15 is 0 Å². The smallest absolute Gasteiger partial charge is 0.338 e. The fourth-order valence-corrected chi connectivity index (χ4v) is 6.89. The number of benzene rings is 3. The van der Waals surface area contributed by atoms with Gasteiger partial charge in [-0.15, -0.1) is 0 Å². The van der Waals surface area contributed by atoms with Crippen molar-refractivity contribution in [3.05, 3.63) is 121 Å². The maximum atomic E-state index is 14.6. The lowest BCUT2D eigenvalue weighted by Gasteiger charge is -2.26. The van der Waals surface area contributed by atoms with Gasteiger partial charge in [0.1, 0.15) is 16.8 Å². The number of amides is 1. The van der Waals surface area contributed by atoms with E-state index in [0.717, 1.165) is 11.3 Å². The first-order valence-corrected chi connectivity index (χ1v) is 16.2. The van der Waals surface area contributed by atoms with Crippen molar-refractivity contribution in [2.45, 2.75) is 39.8 Å². The zero-order valence-electron chi connectivity index (χ0n) is 26.4. The summed E-state index contributed by atoms with van der Waals surface area (Å²) in [7, 11) is 0. The van der Waals surface area contributed by atoms with E-state index in [9.17, 15) is 19.2 Å². The number of ether oxygens (including phenoxy) is 3. The van der Waals surface area contributed by atoms with Crippen LogP contribution in [0.4, 0.5) is 5.69 Å². The van der Waals surface area contributed by atoms with Gasteiger partial charge in [-0.1, -0.05) is 72.0 Å². The van der Waals surface area contributed by atoms with Gasteiger partial charge in [-0.25, -0.2) is 9.79 Å². The molecule has 0 saturated heterocycles. The monoisotopic (exact) mass is 651 g/mol. The highest BCUT2D eigenvalue weighted by Crippen LogP contribution is 2.37. The number of fused-ring (bicyclic) bond motifs is 2. The topological polar surface area (TPSA) is 116 Å². The van der Waals surface area contributed by atoms with Crippen molar-refractivity contribution >= 4 is 46.1 Å². The third kappa shape index (κ3) is 5.90. The number of thiazole rings is 1. The van der Waals surface area contributed by atoms with Crippen LogP contribution in [-0.2, 0) is 23.9 Å². The van der Waals surface area contributed by atoms with E-state index < -0.39 is 29.4 Å². The van der Waals surface area contributed by atoms with E-state index in [1.165, 1.54) is 9.47 Å². The molecule has 4 aromatic rings. The fraction of sp³-hybridized carbons (Fsp3) is 0.250. The van der Waals surface area contributed by atoms with Crippen molar-refractivity contribution in [3.63, 3.8) is 0 Å². The average Bonchev–Trinajstić information content (AvgIpc) is 3.53. The maximum absolute atomic E-state index is 14.6. The highest BCUT2D eigenvalue weighted by molar-refractivity contribution is 7.07. The van der Waals surface area contributed by atoms with Crippen LogP contribution in [0, 0.1) is 0 Å². The van der Waals surface area contributed by atoms with Crippen LogP contribution in [0.5, 0.6) is 5.75 Å². The first-order valence-electron chi connectivity index (χ1n) is 15.4. The van der Waals surface area contributed by atoms with Crippen LogP contribution in [0.2, 0.25) is 0 Å². The number of nitrogens with zero attached hydrogens (tertiary/aromatic N) is 3. The third-order valence-corrected chi connectivity index (χ3v) is 8.71. The number of para-hydroxylation sites is 1. The molecule has 2 aliphatic heterocycles. The number of anilines is 1. The molecule has 47 heavy (non-hydrogen) atoms. The first kappa shape index (κ1) is 31.7. The average molecular weight is 652 g/mol. The molecule has 2 aliphatic rings. The van der Waals surface area contributed by atoms with E-state index in [1.807, 2.05) is 56.3 Å². The van der Waals surface area contributed by atoms with Gasteiger partial charge in [-0.3, -0.25) is 23.9 Å². The van der Waals surface area contributed by atoms with Gasteiger partial charge in [0.2, 0.25) is 0 Å². The van der Waals surface area contributed by atoms with Crippen molar-refractivity contribution in [2.75, 3.05) is 24.7 Å². The van der Waals surface area contributed by atoms with Crippen LogP contribution in [0.15, 0.2) is 94.2 Å². The largest absolute Gasteiger partial charge is 0.491 e. The Bertz CT molecular complexity index is 2080. The summed E-state index contributed by atoms with van der Waals surface area (Å²) in [6.07, 6.45) is -0.0464. The van der Waals surface area contributed by atoms with Crippen LogP contribution in [0.3, 0.4) is 0 Å². The second kappa shape index (κ2) is 13.2. The van der Waals surface area contributed by atoms with E-state index in [2.05, 4.69) is 0 Å². The number of carbonyl (C=O) groups excluding carboxylic acids is 3. The Morgan fingerprint density at radius 3 is 2.26 bits per heavy atom. The molecule has 3 heterocycles. The van der Waals surface area contributed by atoms with E-state index in [-0.39, 0.29) is 41.5 Å². The van der Waals surface area contributed by atoms with E-state index in [0.29, 0.717) is 38.6 Å². The molecule has 1 atom stereocenters. The highest BCUT2D eigenvalue weighted by Gasteiger charge is 2.39. The van der Waals surface area contributed by atoms with Crippen molar-refractivity contribution < 1.29 is 28.6 Å². The predicted octanol–water partition coefficient (Wildman–Crippen LogP) is 4.00. The summed E-state index contributed by atoms with van der Waals surface area (Å²) >= 11 is 1.07. The lowest BCUT2D eigenvalue weighted by molar-refractivity contribution is -0.142. The van der Waals surface area contributed by atoms with Gasteiger partial charge in [0.15, 0.2) is 4.80 Å². The standard InChI is InChI=1S/C36H33N3O7S/c1-5-44-27(40)20-38-26-15-11-10-14-25(26)28(33(38)41)32-34(42)39-31(23-16-18-24(19-17-23)46-21(3)4)29(35(43)45-6-2)30(37-36(39)47-32)22-12-8-7-9-13-22/h7-19,21,31H,5-6,20H2,1-4H3/b32-28-/t31-/m0/s1. The molecular formula is C36H33N3O7S. The molecule has 0 bridgehead atoms. The van der Waals surface area contributed by atoms with Crippen LogP contribution in [0.1, 0.15) is 50.4 Å². The summed E-state index contributed by atoms with van der Waals surface area (Å²) in [6, 6.07) is 22.5. The molecule has 0 radical (unpaired) electrons. The van der Waals surface area contributed by atoms with Gasteiger partial charge in [0, 0.05) is 11.1 Å². The molecule has 0 N–H and O–H groups in total. The molecule has 1 aromatic heterocycles. The van der Waals surface area contributed by atoms with Crippen molar-refractivity contribution in [1.82, 2.24) is 4.57 Å². The Morgan fingerprint density at radius 2 is 1.57 bits per heavy atom. The van der Waals surface area contributed by atoms with Crippen molar-refractivity contribution in [1.29, 1.82) is 0 Å². The lowest BCUT2D eigenvalue weighted by Crippen LogP contribution is -2.41. The van der Waals surface area contributed by atoms with Gasteiger partial charge >= 0.3 is 11.9 Å². The maximum Gasteiger partial charge on any atom is 0.338 e. The number of rotatable bonds is 9. The van der Waals surface area contributed by atoms with Gasteiger partial charge in [-0.05, 0) is 51.5 Å². The molecule has 6 rings (SSSR count). The lowest BCUT2D eigenvalue weighted by atomic mass is 9.93. The highest BCUT2D eigenvalue weighted by atomic mass is 32.1. The number of hydrogen-bond donors (Lipinski definition) is 0. The summed E-state index contributed by atoms with van der Waals surface area (Å²) in [5, 5.41) is 0. The Morgan fingerprint density at radius 1 is 0.894 bits per heavy atom. The molecule has 0 spiro atoms. The molecule has 1 amide bonds. The zero-order valence-corrected chi connectivity index (χ0v) is 27.2. The number of carbonyl (C=O) groups is 3. The van der Waals surface area contributed by atoms with Crippen LogP contribution in [0.25, 0.3) is 11.3 Å². The van der Waals surface area contributed by atoms with Crippen LogP contribution in [-0.4, -0.2) is 48.3 Å². The SMILES string of the molecule is CCOC(=O)CN1C(=O)/C(=c2\sc3n(c2=O)[C@@H](c2ccc(OC(C)C)cc2)C(C(=O)OCC)=C(c2ccccc2)N=3)c2ccccc21. The molecule has 0 saturated carbocycles. The zero-order chi connectivity index (χ0) is 33.2. The Hall–Kier alpha value is -5.29. The fourth-order valence-electron chi connectivity index (χ4n) is 5.80. The van der Waals surface area contributed by atoms with E-state index in [4.69, 9.17) is 19.2 Å². The Balaban J connectivity index is 1.63. The van der Waals surface area contributed by atoms with Crippen LogP contribution >= 0.6 is 11.3 Å². The minimum absolute atomic E-state index is 0.0464. The summed E-state index contributed by atoms with van der Waals surface area (Å²) in [5.74, 6) is -1.03. The van der Waals surface area contributed by atoms with E-state index in [1.54, 1.807) is 50.2 Å². The second-order valence-electron chi connectivity index (χ2n) is 11.1. The molecule has 0 fully saturated rings. The summed E-state index contributed by atoms with van der Waals surface area (Å²) in [4.78, 5) is 61.4. The van der Waals surface area contributed by atoms with Gasteiger partial charge in [0.25, 0.3) is 11.5 Å². The molecule has 0 unspecified atom stereocenters. The Kier molecular flexibility index (Phi) is 8.91. The van der Waals surface area contributed by atoms with Gasteiger partial charge < -0.3 is 14.2 Å². The van der Waals surface area contributed by atoms with Gasteiger partial charge in [0.05, 0.1) is 47.9 Å². The molecule has 240 valence electrons. The molecule has 11 heteroatoms. The summed E-state index contributed by atoms with van der Waals surface area (Å²) in [5.41, 5.74) is 2.56. The molecule has 3 aromatic carbocycles. The minimum atomic E-state index is -0.926.